The normalized spacial score (nSPS) is 13.8. The Kier molecular flexibility index (Phi) is 6.44. The minimum atomic E-state index is -1.03. The van der Waals surface area contributed by atoms with Crippen molar-refractivity contribution >= 4 is 23.2 Å². The molecule has 0 fully saturated rings. The summed E-state index contributed by atoms with van der Waals surface area (Å²) in [6, 6.07) is -1.64. The molecular weight excluding hydrogens is 266 g/mol. The smallest absolute Gasteiger partial charge is 0.326 e. The average molecular weight is 285 g/mol. The predicted octanol–water partition coefficient (Wildman–Crippen LogP) is 0.772. The number of carbonyl (C=O) groups is 2. The van der Waals surface area contributed by atoms with Gasteiger partial charge in [0.25, 0.3) is 0 Å². The molecule has 0 bridgehead atoms. The van der Waals surface area contributed by atoms with E-state index >= 15 is 0 Å². The van der Waals surface area contributed by atoms with E-state index in [0.717, 1.165) is 18.5 Å². The number of aliphatic carboxylic acids is 1. The van der Waals surface area contributed by atoms with Gasteiger partial charge in [-0.05, 0) is 6.42 Å². The zero-order valence-corrected chi connectivity index (χ0v) is 11.7. The molecule has 0 spiro atoms. The first-order valence-electron chi connectivity index (χ1n) is 6.20. The SMILES string of the molecule is CCCC[C@H](NC(=O)[C@H](N)Cc1cscn1)C(=O)O. The van der Waals surface area contributed by atoms with Gasteiger partial charge >= 0.3 is 5.97 Å². The number of rotatable bonds is 8. The maximum Gasteiger partial charge on any atom is 0.326 e. The first-order valence-corrected chi connectivity index (χ1v) is 7.14. The minimum Gasteiger partial charge on any atom is -0.480 e. The van der Waals surface area contributed by atoms with Crippen molar-refractivity contribution in [3.8, 4) is 0 Å². The lowest BCUT2D eigenvalue weighted by molar-refractivity contribution is -0.142. The van der Waals surface area contributed by atoms with Crippen LogP contribution in [-0.2, 0) is 16.0 Å². The fourth-order valence-corrected chi connectivity index (χ4v) is 2.17. The Morgan fingerprint density at radius 2 is 2.32 bits per heavy atom. The summed E-state index contributed by atoms with van der Waals surface area (Å²) in [7, 11) is 0. The maximum absolute atomic E-state index is 11.8. The van der Waals surface area contributed by atoms with Crippen LogP contribution in [0.3, 0.4) is 0 Å². The average Bonchev–Trinajstić information content (AvgIpc) is 2.86. The number of hydrogen-bond acceptors (Lipinski definition) is 5. The molecule has 0 unspecified atom stereocenters. The number of carbonyl (C=O) groups excluding carboxylic acids is 1. The third-order valence-electron chi connectivity index (χ3n) is 2.71. The summed E-state index contributed by atoms with van der Waals surface area (Å²) in [5, 5.41) is 13.3. The van der Waals surface area contributed by atoms with Crippen molar-refractivity contribution in [2.45, 2.75) is 44.7 Å². The second-order valence-electron chi connectivity index (χ2n) is 4.33. The van der Waals surface area contributed by atoms with Gasteiger partial charge < -0.3 is 16.2 Å². The van der Waals surface area contributed by atoms with Crippen molar-refractivity contribution in [2.75, 3.05) is 0 Å². The monoisotopic (exact) mass is 285 g/mol. The second-order valence-corrected chi connectivity index (χ2v) is 5.05. The Hall–Kier alpha value is -1.47. The van der Waals surface area contributed by atoms with Crippen LogP contribution in [0.25, 0.3) is 0 Å². The Morgan fingerprint density at radius 3 is 2.84 bits per heavy atom. The molecule has 1 aromatic rings. The van der Waals surface area contributed by atoms with Gasteiger partial charge in [-0.25, -0.2) is 9.78 Å². The van der Waals surface area contributed by atoms with Crippen molar-refractivity contribution in [3.63, 3.8) is 0 Å². The van der Waals surface area contributed by atoms with Crippen molar-refractivity contribution in [1.82, 2.24) is 10.3 Å². The molecule has 0 aliphatic carbocycles. The van der Waals surface area contributed by atoms with E-state index in [0.29, 0.717) is 12.8 Å². The largest absolute Gasteiger partial charge is 0.480 e. The van der Waals surface area contributed by atoms with Gasteiger partial charge in [0.2, 0.25) is 5.91 Å². The second kappa shape index (κ2) is 7.85. The highest BCUT2D eigenvalue weighted by Crippen LogP contribution is 2.05. The van der Waals surface area contributed by atoms with Crippen molar-refractivity contribution < 1.29 is 14.7 Å². The summed E-state index contributed by atoms with van der Waals surface area (Å²) in [6.45, 7) is 1.97. The van der Waals surface area contributed by atoms with Crippen molar-refractivity contribution in [3.05, 3.63) is 16.6 Å². The van der Waals surface area contributed by atoms with Gasteiger partial charge in [-0.15, -0.1) is 11.3 Å². The summed E-state index contributed by atoms with van der Waals surface area (Å²) in [6.07, 6.45) is 2.36. The topological polar surface area (TPSA) is 105 Å². The van der Waals surface area contributed by atoms with Crippen molar-refractivity contribution in [1.29, 1.82) is 0 Å². The van der Waals surface area contributed by atoms with Crippen LogP contribution in [0, 0.1) is 0 Å². The number of nitrogens with zero attached hydrogens (tertiary/aromatic N) is 1. The van der Waals surface area contributed by atoms with Crippen LogP contribution in [-0.4, -0.2) is 34.1 Å². The van der Waals surface area contributed by atoms with Gasteiger partial charge in [0.1, 0.15) is 6.04 Å². The predicted molar refractivity (Wildman–Crippen MR) is 72.9 cm³/mol. The van der Waals surface area contributed by atoms with Crippen LogP contribution >= 0.6 is 11.3 Å². The quantitative estimate of drug-likeness (QED) is 0.654. The molecule has 2 atom stereocenters. The van der Waals surface area contributed by atoms with Crippen LogP contribution in [0.2, 0.25) is 0 Å². The number of hydrogen-bond donors (Lipinski definition) is 3. The highest BCUT2D eigenvalue weighted by Gasteiger charge is 2.23. The van der Waals surface area contributed by atoms with Crippen LogP contribution in [0.1, 0.15) is 31.9 Å². The first-order chi connectivity index (χ1) is 9.04. The van der Waals surface area contributed by atoms with E-state index in [2.05, 4.69) is 10.3 Å². The van der Waals surface area contributed by atoms with E-state index in [4.69, 9.17) is 10.8 Å². The highest BCUT2D eigenvalue weighted by atomic mass is 32.1. The van der Waals surface area contributed by atoms with Gasteiger partial charge in [-0.1, -0.05) is 19.8 Å². The molecule has 4 N–H and O–H groups in total. The summed E-state index contributed by atoms with van der Waals surface area (Å²) in [5.74, 6) is -1.47. The molecule has 6 nitrogen and oxygen atoms in total. The lowest BCUT2D eigenvalue weighted by atomic mass is 10.1. The molecule has 0 radical (unpaired) electrons. The highest BCUT2D eigenvalue weighted by molar-refractivity contribution is 7.07. The standard InChI is InChI=1S/C12H19N3O3S/c1-2-3-4-10(12(17)18)15-11(16)9(13)5-8-6-19-7-14-8/h6-7,9-10H,2-5,13H2,1H3,(H,15,16)(H,17,18)/t9-,10+/m1/s1. The molecule has 0 aliphatic rings. The maximum atomic E-state index is 11.8. The fraction of sp³-hybridized carbons (Fsp3) is 0.583. The van der Waals surface area contributed by atoms with Gasteiger partial charge in [0, 0.05) is 11.8 Å². The van der Waals surface area contributed by atoms with Crippen molar-refractivity contribution in [2.24, 2.45) is 5.73 Å². The van der Waals surface area contributed by atoms with E-state index in [9.17, 15) is 9.59 Å². The molecule has 7 heteroatoms. The number of nitrogens with two attached hydrogens (primary N) is 1. The third-order valence-corrected chi connectivity index (χ3v) is 3.35. The lowest BCUT2D eigenvalue weighted by Crippen LogP contribution is -2.49. The molecule has 19 heavy (non-hydrogen) atoms. The molecule has 0 saturated carbocycles. The van der Waals surface area contributed by atoms with Crippen LogP contribution < -0.4 is 11.1 Å². The Bertz CT molecular complexity index is 408. The summed E-state index contributed by atoms with van der Waals surface area (Å²) >= 11 is 1.43. The fourth-order valence-electron chi connectivity index (χ4n) is 1.60. The number of unbranched alkanes of at least 4 members (excludes halogenated alkanes) is 1. The molecule has 0 aromatic carbocycles. The number of thiazole rings is 1. The Morgan fingerprint density at radius 1 is 1.58 bits per heavy atom. The van der Waals surface area contributed by atoms with E-state index in [1.807, 2.05) is 12.3 Å². The Labute approximate surface area is 116 Å². The molecule has 1 aromatic heterocycles. The molecule has 1 rings (SSSR count). The van der Waals surface area contributed by atoms with Gasteiger partial charge in [-0.2, -0.15) is 0 Å². The van der Waals surface area contributed by atoms with Gasteiger partial charge in [-0.3, -0.25) is 4.79 Å². The zero-order chi connectivity index (χ0) is 14.3. The minimum absolute atomic E-state index is 0.315. The van der Waals surface area contributed by atoms with Gasteiger partial charge in [0.05, 0.1) is 17.2 Å². The van der Waals surface area contributed by atoms with E-state index in [1.54, 1.807) is 5.51 Å². The number of nitrogens with one attached hydrogen (secondary N) is 1. The number of carboxylic acids is 1. The Balaban J connectivity index is 2.48. The third kappa shape index (κ3) is 5.35. The molecule has 0 saturated heterocycles. The summed E-state index contributed by atoms with van der Waals surface area (Å²) in [4.78, 5) is 26.9. The molecular formula is C12H19N3O3S. The van der Waals surface area contributed by atoms with E-state index in [1.165, 1.54) is 11.3 Å². The number of aromatic nitrogens is 1. The summed E-state index contributed by atoms with van der Waals surface area (Å²) < 4.78 is 0. The number of amides is 1. The lowest BCUT2D eigenvalue weighted by Gasteiger charge is -2.17. The van der Waals surface area contributed by atoms with E-state index < -0.39 is 24.0 Å². The zero-order valence-electron chi connectivity index (χ0n) is 10.8. The first kappa shape index (κ1) is 15.6. The molecule has 106 valence electrons. The summed E-state index contributed by atoms with van der Waals surface area (Å²) in [5.41, 5.74) is 8.16. The van der Waals surface area contributed by atoms with Crippen LogP contribution in [0.5, 0.6) is 0 Å². The van der Waals surface area contributed by atoms with E-state index in [-0.39, 0.29) is 0 Å². The van der Waals surface area contributed by atoms with Crippen LogP contribution in [0.15, 0.2) is 10.9 Å². The van der Waals surface area contributed by atoms with Crippen LogP contribution in [0.4, 0.5) is 0 Å². The molecule has 0 aliphatic heterocycles. The molecule has 1 amide bonds. The van der Waals surface area contributed by atoms with Gasteiger partial charge in [0.15, 0.2) is 0 Å². The number of carboxylic acid groups (broad SMARTS) is 1. The molecule has 1 heterocycles.